The molecule has 0 radical (unpaired) electrons. The lowest BCUT2D eigenvalue weighted by molar-refractivity contribution is 0.267. The lowest BCUT2D eigenvalue weighted by Crippen LogP contribution is -2.16. The highest BCUT2D eigenvalue weighted by atomic mass is 32.2. The molecule has 1 aliphatic heterocycles. The van der Waals surface area contributed by atoms with Crippen molar-refractivity contribution in [3.8, 4) is 0 Å². The van der Waals surface area contributed by atoms with Gasteiger partial charge in [-0.05, 0) is 24.3 Å². The normalized spacial score (nSPS) is 23.8. The number of nitrogens with two attached hydrogens (primary N) is 1. The van der Waals surface area contributed by atoms with Gasteiger partial charge in [-0.1, -0.05) is 6.42 Å². The zero-order valence-electron chi connectivity index (χ0n) is 5.47. The van der Waals surface area contributed by atoms with E-state index in [0.717, 1.165) is 11.5 Å². The summed E-state index contributed by atoms with van der Waals surface area (Å²) >= 11 is 0. The first-order valence-corrected chi connectivity index (χ1v) is 5.06. The Bertz CT molecular complexity index is 110. The van der Waals surface area contributed by atoms with Gasteiger partial charge in [0.15, 0.2) is 0 Å². The SMILES string of the molecule is NC(=O)[SH]1CCCCC1. The Morgan fingerprint density at radius 3 is 2.11 bits per heavy atom. The maximum atomic E-state index is 10.6. The molecule has 0 atom stereocenters. The Morgan fingerprint density at radius 1 is 1.22 bits per heavy atom. The van der Waals surface area contributed by atoms with E-state index >= 15 is 0 Å². The molecule has 0 saturated carbocycles. The zero-order valence-corrected chi connectivity index (χ0v) is 6.36. The molecule has 2 nitrogen and oxygen atoms in total. The molecule has 3 heteroatoms. The van der Waals surface area contributed by atoms with Crippen LogP contribution in [0, 0.1) is 0 Å². The van der Waals surface area contributed by atoms with Crippen LogP contribution in [0.4, 0.5) is 4.79 Å². The van der Waals surface area contributed by atoms with Crippen LogP contribution in [0.1, 0.15) is 19.3 Å². The topological polar surface area (TPSA) is 43.1 Å². The summed E-state index contributed by atoms with van der Waals surface area (Å²) in [6.45, 7) is 0. The summed E-state index contributed by atoms with van der Waals surface area (Å²) in [5.74, 6) is 2.18. The molecule has 2 N–H and O–H groups in total. The average molecular weight is 147 g/mol. The second-order valence-corrected chi connectivity index (χ2v) is 4.80. The molecule has 54 valence electrons. The van der Waals surface area contributed by atoms with Crippen LogP contribution in [0.3, 0.4) is 0 Å². The van der Waals surface area contributed by atoms with E-state index in [1.807, 2.05) is 0 Å². The van der Waals surface area contributed by atoms with Gasteiger partial charge in [-0.25, -0.2) is 0 Å². The highest BCUT2D eigenvalue weighted by molar-refractivity contribution is 8.29. The summed E-state index contributed by atoms with van der Waals surface area (Å²) in [6, 6.07) is 0. The van der Waals surface area contributed by atoms with Gasteiger partial charge in [0.25, 0.3) is 5.24 Å². The first kappa shape index (κ1) is 6.93. The number of thiol groups is 1. The minimum Gasteiger partial charge on any atom is -0.362 e. The second-order valence-electron chi connectivity index (χ2n) is 2.39. The van der Waals surface area contributed by atoms with Crippen molar-refractivity contribution in [2.75, 3.05) is 11.5 Å². The fourth-order valence-electron chi connectivity index (χ4n) is 1.11. The van der Waals surface area contributed by atoms with Crippen LogP contribution in [0.5, 0.6) is 0 Å². The average Bonchev–Trinajstić information content (AvgIpc) is 1.90. The fraction of sp³-hybridized carbons (Fsp3) is 0.833. The van der Waals surface area contributed by atoms with E-state index in [2.05, 4.69) is 0 Å². The number of primary amides is 1. The molecule has 0 aromatic rings. The molecule has 0 aliphatic carbocycles. The minimum atomic E-state index is -0.392. The van der Waals surface area contributed by atoms with Crippen molar-refractivity contribution >= 4 is 16.1 Å². The summed E-state index contributed by atoms with van der Waals surface area (Å²) in [4.78, 5) is 10.6. The van der Waals surface area contributed by atoms with Crippen LogP contribution >= 0.6 is 10.9 Å². The molecule has 0 aromatic carbocycles. The number of amides is 1. The molecule has 9 heavy (non-hydrogen) atoms. The summed E-state index contributed by atoms with van der Waals surface area (Å²) in [5, 5.41) is -0.0373. The van der Waals surface area contributed by atoms with Crippen LogP contribution in [-0.4, -0.2) is 16.7 Å². The largest absolute Gasteiger partial charge is 0.362 e. The van der Waals surface area contributed by atoms with Crippen LogP contribution in [-0.2, 0) is 0 Å². The van der Waals surface area contributed by atoms with Crippen molar-refractivity contribution in [2.24, 2.45) is 5.73 Å². The molecule has 1 aliphatic rings. The van der Waals surface area contributed by atoms with Crippen molar-refractivity contribution in [3.05, 3.63) is 0 Å². The molecule has 0 spiro atoms. The number of hydrogen-bond acceptors (Lipinski definition) is 1. The zero-order chi connectivity index (χ0) is 6.69. The molecule has 1 amide bonds. The lowest BCUT2D eigenvalue weighted by atomic mass is 10.3. The van der Waals surface area contributed by atoms with Gasteiger partial charge in [-0.3, -0.25) is 4.79 Å². The number of carbonyl (C=O) groups is 1. The molecule has 0 unspecified atom stereocenters. The Labute approximate surface area is 58.2 Å². The Kier molecular flexibility index (Phi) is 2.39. The lowest BCUT2D eigenvalue weighted by Gasteiger charge is -2.21. The standard InChI is InChI=1S/C6H13NOS/c7-6(8)9-4-2-1-3-5-9/h9H,1-5H2,(H2,7,8). The number of hydrogen-bond donors (Lipinski definition) is 2. The van der Waals surface area contributed by atoms with E-state index in [0.29, 0.717) is 0 Å². The van der Waals surface area contributed by atoms with Crippen molar-refractivity contribution in [1.82, 2.24) is 0 Å². The second kappa shape index (κ2) is 3.11. The first-order chi connectivity index (χ1) is 4.30. The Balaban J connectivity index is 2.31. The van der Waals surface area contributed by atoms with Gasteiger partial charge in [0.05, 0.1) is 0 Å². The Morgan fingerprint density at radius 2 is 1.78 bits per heavy atom. The third kappa shape index (κ3) is 1.90. The van der Waals surface area contributed by atoms with E-state index in [1.54, 1.807) is 0 Å². The van der Waals surface area contributed by atoms with E-state index in [-0.39, 0.29) is 5.24 Å². The predicted molar refractivity (Wildman–Crippen MR) is 42.2 cm³/mol. The number of carbonyl (C=O) groups excluding carboxylic acids is 1. The van der Waals surface area contributed by atoms with E-state index in [9.17, 15) is 4.79 Å². The third-order valence-corrected chi connectivity index (χ3v) is 4.00. The van der Waals surface area contributed by atoms with Crippen LogP contribution < -0.4 is 5.73 Å². The molecular formula is C6H13NOS. The number of rotatable bonds is 0. The van der Waals surface area contributed by atoms with E-state index in [4.69, 9.17) is 5.73 Å². The maximum Gasteiger partial charge on any atom is 0.256 e. The molecule has 1 rings (SSSR count). The summed E-state index contributed by atoms with van der Waals surface area (Å²) < 4.78 is 0. The highest BCUT2D eigenvalue weighted by Crippen LogP contribution is 2.32. The molecule has 1 fully saturated rings. The summed E-state index contributed by atoms with van der Waals surface area (Å²) in [6.07, 6.45) is 3.73. The first-order valence-electron chi connectivity index (χ1n) is 3.35. The van der Waals surface area contributed by atoms with Gasteiger partial charge >= 0.3 is 0 Å². The van der Waals surface area contributed by atoms with Gasteiger partial charge in [0.2, 0.25) is 0 Å². The van der Waals surface area contributed by atoms with Crippen molar-refractivity contribution in [2.45, 2.75) is 19.3 Å². The van der Waals surface area contributed by atoms with Gasteiger partial charge in [-0.15, -0.1) is 0 Å². The van der Waals surface area contributed by atoms with E-state index in [1.165, 1.54) is 19.3 Å². The monoisotopic (exact) mass is 147 g/mol. The van der Waals surface area contributed by atoms with Crippen molar-refractivity contribution in [3.63, 3.8) is 0 Å². The van der Waals surface area contributed by atoms with Gasteiger partial charge in [0, 0.05) is 0 Å². The minimum absolute atomic E-state index is 0.0373. The molecular weight excluding hydrogens is 134 g/mol. The maximum absolute atomic E-state index is 10.6. The molecule has 1 heterocycles. The van der Waals surface area contributed by atoms with Gasteiger partial charge in [-0.2, -0.15) is 10.9 Å². The fourth-order valence-corrected chi connectivity index (χ4v) is 2.99. The molecule has 0 aromatic heterocycles. The summed E-state index contributed by atoms with van der Waals surface area (Å²) in [7, 11) is -0.392. The van der Waals surface area contributed by atoms with Gasteiger partial charge in [0.1, 0.15) is 0 Å². The van der Waals surface area contributed by atoms with Crippen LogP contribution in [0.25, 0.3) is 0 Å². The summed E-state index contributed by atoms with van der Waals surface area (Å²) in [5.41, 5.74) is 5.16. The van der Waals surface area contributed by atoms with Crippen molar-refractivity contribution < 1.29 is 4.79 Å². The van der Waals surface area contributed by atoms with E-state index < -0.39 is 10.9 Å². The predicted octanol–water partition coefficient (Wildman–Crippen LogP) is 1.25. The molecule has 1 saturated heterocycles. The van der Waals surface area contributed by atoms with Crippen LogP contribution in [0.15, 0.2) is 0 Å². The smallest absolute Gasteiger partial charge is 0.256 e. The van der Waals surface area contributed by atoms with Crippen molar-refractivity contribution in [1.29, 1.82) is 0 Å². The molecule has 0 bridgehead atoms. The van der Waals surface area contributed by atoms with Gasteiger partial charge < -0.3 is 5.73 Å². The highest BCUT2D eigenvalue weighted by Gasteiger charge is 2.13. The van der Waals surface area contributed by atoms with Crippen LogP contribution in [0.2, 0.25) is 0 Å². The third-order valence-electron chi connectivity index (χ3n) is 1.67. The Hall–Kier alpha value is -0.180. The quantitative estimate of drug-likeness (QED) is 0.497.